The van der Waals surface area contributed by atoms with Gasteiger partial charge in [0.15, 0.2) is 5.82 Å². The van der Waals surface area contributed by atoms with Gasteiger partial charge < -0.3 is 10.5 Å². The molecule has 2 heterocycles. The van der Waals surface area contributed by atoms with E-state index in [0.29, 0.717) is 36.5 Å². The fourth-order valence-corrected chi connectivity index (χ4v) is 4.84. The number of aromatic nitrogens is 3. The van der Waals surface area contributed by atoms with Crippen LogP contribution in [0, 0.1) is 11.3 Å². The molecule has 1 aromatic heterocycles. The molecule has 1 aromatic carbocycles. The van der Waals surface area contributed by atoms with E-state index in [1.807, 2.05) is 13.0 Å². The molecule has 1 saturated heterocycles. The summed E-state index contributed by atoms with van der Waals surface area (Å²) in [5, 5.41) is 17.1. The summed E-state index contributed by atoms with van der Waals surface area (Å²) in [5.41, 5.74) is 7.18. The molecule has 150 valence electrons. The van der Waals surface area contributed by atoms with Crippen LogP contribution in [0.2, 0.25) is 0 Å². The highest BCUT2D eigenvalue weighted by molar-refractivity contribution is 7.90. The Labute approximate surface area is 165 Å². The highest BCUT2D eigenvalue weighted by Gasteiger charge is 2.29. The normalized spacial score (nSPS) is 18.1. The number of sulfone groups is 1. The Balaban J connectivity index is 1.95. The van der Waals surface area contributed by atoms with E-state index in [1.165, 1.54) is 0 Å². The third kappa shape index (κ3) is 4.58. The van der Waals surface area contributed by atoms with Crippen molar-refractivity contribution in [3.63, 3.8) is 0 Å². The van der Waals surface area contributed by atoms with Crippen LogP contribution in [-0.2, 0) is 26.9 Å². The predicted octanol–water partition coefficient (Wildman–Crippen LogP) is 2.10. The quantitative estimate of drug-likeness (QED) is 0.715. The minimum absolute atomic E-state index is 0.0700. The van der Waals surface area contributed by atoms with E-state index in [2.05, 4.69) is 10.2 Å². The van der Waals surface area contributed by atoms with Crippen molar-refractivity contribution in [3.05, 3.63) is 41.2 Å². The van der Waals surface area contributed by atoms with Crippen molar-refractivity contribution in [1.29, 1.82) is 5.26 Å². The second-order valence-electron chi connectivity index (χ2n) is 7.05. The van der Waals surface area contributed by atoms with Gasteiger partial charge in [-0.2, -0.15) is 5.26 Å². The molecule has 8 nitrogen and oxygen atoms in total. The lowest BCUT2D eigenvalue weighted by Crippen LogP contribution is -2.24. The smallest absolute Gasteiger partial charge is 0.250 e. The van der Waals surface area contributed by atoms with Crippen molar-refractivity contribution in [2.24, 2.45) is 5.73 Å². The van der Waals surface area contributed by atoms with Gasteiger partial charge in [-0.25, -0.2) is 8.42 Å². The molecule has 0 radical (unpaired) electrons. The number of nitrogens with two attached hydrogens (primary N) is 1. The van der Waals surface area contributed by atoms with E-state index >= 15 is 0 Å². The van der Waals surface area contributed by atoms with Crippen LogP contribution in [-0.4, -0.2) is 35.9 Å². The molecule has 3 rings (SSSR count). The fraction of sp³-hybridized carbons (Fsp3) is 0.526. The van der Waals surface area contributed by atoms with Crippen LogP contribution in [0.25, 0.3) is 0 Å². The summed E-state index contributed by atoms with van der Waals surface area (Å²) in [5.74, 6) is 0.219. The Bertz CT molecular complexity index is 958. The summed E-state index contributed by atoms with van der Waals surface area (Å²) >= 11 is 0. The topological polar surface area (TPSA) is 124 Å². The van der Waals surface area contributed by atoms with Crippen molar-refractivity contribution in [2.45, 2.75) is 62.2 Å². The standard InChI is InChI=1S/C19H25N5O3S/c1-2-5-17(21)18-22-23-19(24(18)12-16-8-4-9-27-16)28(25,26)13-15-7-3-6-14(10-15)11-20/h3,6-7,10,16-17H,2,4-5,8-9,12-13,21H2,1H3. The summed E-state index contributed by atoms with van der Waals surface area (Å²) in [6.07, 6.45) is 3.29. The molecule has 1 aliphatic heterocycles. The second-order valence-corrected chi connectivity index (χ2v) is 8.94. The number of benzene rings is 1. The molecule has 28 heavy (non-hydrogen) atoms. The average molecular weight is 404 g/mol. The second kappa shape index (κ2) is 8.82. The number of hydrogen-bond acceptors (Lipinski definition) is 7. The predicted molar refractivity (Wildman–Crippen MR) is 103 cm³/mol. The first-order valence-electron chi connectivity index (χ1n) is 9.46. The number of nitriles is 1. The molecule has 1 aliphatic rings. The summed E-state index contributed by atoms with van der Waals surface area (Å²) < 4.78 is 33.5. The lowest BCUT2D eigenvalue weighted by atomic mass is 10.1. The molecular formula is C19H25N5O3S. The Morgan fingerprint density at radius 2 is 2.25 bits per heavy atom. The van der Waals surface area contributed by atoms with Crippen LogP contribution in [0.5, 0.6) is 0 Å². The van der Waals surface area contributed by atoms with E-state index in [9.17, 15) is 8.42 Å². The van der Waals surface area contributed by atoms with Crippen molar-refractivity contribution < 1.29 is 13.2 Å². The summed E-state index contributed by atoms with van der Waals surface area (Å²) in [6, 6.07) is 8.20. The molecule has 2 unspecified atom stereocenters. The van der Waals surface area contributed by atoms with Crippen molar-refractivity contribution in [3.8, 4) is 6.07 Å². The summed E-state index contributed by atoms with van der Waals surface area (Å²) in [6.45, 7) is 3.05. The monoisotopic (exact) mass is 403 g/mol. The minimum atomic E-state index is -3.77. The lowest BCUT2D eigenvalue weighted by Gasteiger charge is -2.17. The van der Waals surface area contributed by atoms with Gasteiger partial charge in [-0.15, -0.1) is 10.2 Å². The molecule has 0 bridgehead atoms. The fourth-order valence-electron chi connectivity index (χ4n) is 3.42. The minimum Gasteiger partial charge on any atom is -0.376 e. The van der Waals surface area contributed by atoms with Crippen LogP contribution in [0.1, 0.15) is 55.6 Å². The van der Waals surface area contributed by atoms with E-state index in [-0.39, 0.29) is 23.1 Å². The summed E-state index contributed by atoms with van der Waals surface area (Å²) in [7, 11) is -3.77. The van der Waals surface area contributed by atoms with E-state index < -0.39 is 9.84 Å². The molecule has 9 heteroatoms. The zero-order valence-electron chi connectivity index (χ0n) is 15.9. The van der Waals surface area contributed by atoms with Gasteiger partial charge in [-0.05, 0) is 37.0 Å². The van der Waals surface area contributed by atoms with Gasteiger partial charge in [-0.3, -0.25) is 4.57 Å². The maximum absolute atomic E-state index is 13.1. The SMILES string of the molecule is CCCC(N)c1nnc(S(=O)(=O)Cc2cccc(C#N)c2)n1CC1CCCO1. The number of rotatable bonds is 8. The van der Waals surface area contributed by atoms with Crippen LogP contribution < -0.4 is 5.73 Å². The van der Waals surface area contributed by atoms with Gasteiger partial charge in [0.05, 0.1) is 36.1 Å². The number of hydrogen-bond donors (Lipinski definition) is 1. The molecule has 2 aromatic rings. The van der Waals surface area contributed by atoms with Crippen molar-refractivity contribution in [2.75, 3.05) is 6.61 Å². The van der Waals surface area contributed by atoms with Crippen LogP contribution in [0.4, 0.5) is 0 Å². The largest absolute Gasteiger partial charge is 0.376 e. The van der Waals surface area contributed by atoms with Crippen LogP contribution >= 0.6 is 0 Å². The number of ether oxygens (including phenoxy) is 1. The Hall–Kier alpha value is -2.28. The van der Waals surface area contributed by atoms with Gasteiger partial charge in [0.2, 0.25) is 15.0 Å². The van der Waals surface area contributed by atoms with Gasteiger partial charge in [0, 0.05) is 6.61 Å². The molecule has 2 N–H and O–H groups in total. The van der Waals surface area contributed by atoms with Gasteiger partial charge in [0.25, 0.3) is 0 Å². The Morgan fingerprint density at radius 3 is 2.93 bits per heavy atom. The van der Waals surface area contributed by atoms with Gasteiger partial charge in [0.1, 0.15) is 0 Å². The van der Waals surface area contributed by atoms with Crippen molar-refractivity contribution >= 4 is 9.84 Å². The van der Waals surface area contributed by atoms with Gasteiger partial charge in [-0.1, -0.05) is 25.5 Å². The highest BCUT2D eigenvalue weighted by atomic mass is 32.2. The first kappa shape index (κ1) is 20.5. The molecule has 0 saturated carbocycles. The summed E-state index contributed by atoms with van der Waals surface area (Å²) in [4.78, 5) is 0. The highest BCUT2D eigenvalue weighted by Crippen LogP contribution is 2.24. The molecular weight excluding hydrogens is 378 g/mol. The first-order valence-corrected chi connectivity index (χ1v) is 11.1. The third-order valence-corrected chi connectivity index (χ3v) is 6.35. The third-order valence-electron chi connectivity index (χ3n) is 4.78. The molecule has 1 fully saturated rings. The maximum atomic E-state index is 13.1. The number of nitrogens with zero attached hydrogens (tertiary/aromatic N) is 4. The Kier molecular flexibility index (Phi) is 6.44. The zero-order chi connectivity index (χ0) is 20.1. The van der Waals surface area contributed by atoms with Crippen molar-refractivity contribution in [1.82, 2.24) is 14.8 Å². The maximum Gasteiger partial charge on any atom is 0.250 e. The van der Waals surface area contributed by atoms with E-state index in [0.717, 1.165) is 19.3 Å². The molecule has 2 atom stereocenters. The van der Waals surface area contributed by atoms with E-state index in [4.69, 9.17) is 15.7 Å². The van der Waals surface area contributed by atoms with E-state index in [1.54, 1.807) is 28.8 Å². The molecule has 0 spiro atoms. The Morgan fingerprint density at radius 1 is 1.43 bits per heavy atom. The van der Waals surface area contributed by atoms with Crippen LogP contribution in [0.15, 0.2) is 29.4 Å². The first-order chi connectivity index (χ1) is 13.4. The average Bonchev–Trinajstić information content (AvgIpc) is 3.32. The van der Waals surface area contributed by atoms with Gasteiger partial charge >= 0.3 is 0 Å². The van der Waals surface area contributed by atoms with Crippen LogP contribution in [0.3, 0.4) is 0 Å². The zero-order valence-corrected chi connectivity index (χ0v) is 16.7. The molecule has 0 aliphatic carbocycles. The lowest BCUT2D eigenvalue weighted by molar-refractivity contribution is 0.0936. The molecule has 0 amide bonds.